The van der Waals surface area contributed by atoms with Crippen molar-refractivity contribution in [3.05, 3.63) is 77.4 Å². The number of sulfonamides is 1. The summed E-state index contributed by atoms with van der Waals surface area (Å²) >= 11 is 0. The SMILES string of the molecule is CCCCCC(CCCCC=CCC(=O)OCc1ccc(CC)cc1)c1ccc(S(=O)(=O)NC(=O)C2CCCN2)cc1. The second-order valence-corrected chi connectivity index (χ2v) is 12.9. The van der Waals surface area contributed by atoms with Gasteiger partial charge in [0.1, 0.15) is 6.61 Å². The van der Waals surface area contributed by atoms with Gasteiger partial charge in [-0.1, -0.05) is 88.1 Å². The molecule has 2 aromatic carbocycles. The summed E-state index contributed by atoms with van der Waals surface area (Å²) in [6.45, 7) is 5.33. The van der Waals surface area contributed by atoms with Crippen LogP contribution in [-0.4, -0.2) is 32.9 Å². The standard InChI is InChI=1S/C34H48N2O5S/c1-3-5-9-13-29(30-21-23-31(24-22-30)42(39,40)36-34(38)32-15-12-25-35-32)14-10-7-6-8-11-16-33(37)41-26-28-19-17-27(4-2)18-20-28/h8,11,17-24,29,32,35H,3-7,9-10,12-16,25-26H2,1-2H3,(H,36,38). The number of carbonyl (C=O) groups is 2. The molecule has 0 aliphatic carbocycles. The highest BCUT2D eigenvalue weighted by Crippen LogP contribution is 2.29. The molecule has 1 heterocycles. The van der Waals surface area contributed by atoms with Gasteiger partial charge >= 0.3 is 5.97 Å². The number of unbranched alkanes of at least 4 members (excludes halogenated alkanes) is 4. The number of esters is 1. The molecule has 3 rings (SSSR count). The van der Waals surface area contributed by atoms with E-state index in [0.717, 1.165) is 75.5 Å². The second kappa shape index (κ2) is 17.9. The van der Waals surface area contributed by atoms with Gasteiger partial charge in [-0.3, -0.25) is 9.59 Å². The molecule has 1 saturated heterocycles. The largest absolute Gasteiger partial charge is 0.461 e. The van der Waals surface area contributed by atoms with Crippen LogP contribution in [-0.2, 0) is 37.4 Å². The van der Waals surface area contributed by atoms with Crippen LogP contribution in [0, 0.1) is 0 Å². The van der Waals surface area contributed by atoms with Crippen LogP contribution in [0.15, 0.2) is 65.6 Å². The van der Waals surface area contributed by atoms with Gasteiger partial charge in [0.25, 0.3) is 15.9 Å². The molecule has 0 spiro atoms. The molecule has 0 saturated carbocycles. The zero-order chi connectivity index (χ0) is 30.2. The third-order valence-electron chi connectivity index (χ3n) is 7.89. The number of benzene rings is 2. The molecule has 2 N–H and O–H groups in total. The Labute approximate surface area is 252 Å². The molecule has 230 valence electrons. The average Bonchev–Trinajstić information content (AvgIpc) is 3.54. The molecule has 1 fully saturated rings. The zero-order valence-corrected chi connectivity index (χ0v) is 26.1. The Morgan fingerprint density at radius 2 is 1.64 bits per heavy atom. The molecule has 0 aromatic heterocycles. The van der Waals surface area contributed by atoms with Crippen molar-refractivity contribution in [1.29, 1.82) is 0 Å². The van der Waals surface area contributed by atoms with Crippen molar-refractivity contribution in [3.63, 3.8) is 0 Å². The Morgan fingerprint density at radius 1 is 0.952 bits per heavy atom. The molecule has 1 aliphatic heterocycles. The van der Waals surface area contributed by atoms with Crippen molar-refractivity contribution < 1.29 is 22.7 Å². The summed E-state index contributed by atoms with van der Waals surface area (Å²) in [6, 6.07) is 14.7. The molecular formula is C34H48N2O5S. The number of allylic oxidation sites excluding steroid dienone is 1. The van der Waals surface area contributed by atoms with E-state index in [-0.39, 0.29) is 17.3 Å². The molecule has 7 nitrogen and oxygen atoms in total. The van der Waals surface area contributed by atoms with Gasteiger partial charge in [-0.25, -0.2) is 13.1 Å². The van der Waals surface area contributed by atoms with Crippen molar-refractivity contribution in [2.45, 2.75) is 114 Å². The van der Waals surface area contributed by atoms with Gasteiger partial charge in [-0.05, 0) is 86.2 Å². The van der Waals surface area contributed by atoms with Gasteiger partial charge in [0.05, 0.1) is 17.4 Å². The molecule has 42 heavy (non-hydrogen) atoms. The molecule has 1 amide bonds. The minimum Gasteiger partial charge on any atom is -0.461 e. The molecule has 8 heteroatoms. The number of ether oxygens (including phenoxy) is 1. The highest BCUT2D eigenvalue weighted by molar-refractivity contribution is 7.90. The first-order chi connectivity index (χ1) is 20.3. The predicted molar refractivity (Wildman–Crippen MR) is 168 cm³/mol. The molecule has 2 atom stereocenters. The normalized spacial score (nSPS) is 16.0. The topological polar surface area (TPSA) is 102 Å². The Hall–Kier alpha value is -2.97. The van der Waals surface area contributed by atoms with Crippen LogP contribution < -0.4 is 10.0 Å². The first kappa shape index (κ1) is 33.5. The zero-order valence-electron chi connectivity index (χ0n) is 25.3. The van der Waals surface area contributed by atoms with E-state index in [1.807, 2.05) is 30.3 Å². The third kappa shape index (κ3) is 11.4. The molecule has 0 bridgehead atoms. The summed E-state index contributed by atoms with van der Waals surface area (Å²) < 4.78 is 33.1. The lowest BCUT2D eigenvalue weighted by molar-refractivity contribution is -0.143. The summed E-state index contributed by atoms with van der Waals surface area (Å²) in [5.74, 6) is -0.351. The summed E-state index contributed by atoms with van der Waals surface area (Å²) in [4.78, 5) is 24.5. The minimum absolute atomic E-state index is 0.114. The van der Waals surface area contributed by atoms with E-state index in [2.05, 4.69) is 42.1 Å². The first-order valence-electron chi connectivity index (χ1n) is 15.6. The fourth-order valence-electron chi connectivity index (χ4n) is 5.25. The van der Waals surface area contributed by atoms with Crippen LogP contribution in [0.25, 0.3) is 0 Å². The Kier molecular flexibility index (Phi) is 14.3. The lowest BCUT2D eigenvalue weighted by atomic mass is 9.88. The number of rotatable bonds is 18. The van der Waals surface area contributed by atoms with Crippen molar-refractivity contribution in [2.75, 3.05) is 6.54 Å². The maximum Gasteiger partial charge on any atom is 0.309 e. The summed E-state index contributed by atoms with van der Waals surface area (Å²) in [5, 5.41) is 3.03. The van der Waals surface area contributed by atoms with Crippen LogP contribution in [0.5, 0.6) is 0 Å². The molecular weight excluding hydrogens is 548 g/mol. The Bertz CT molecular complexity index is 1230. The smallest absolute Gasteiger partial charge is 0.309 e. The number of hydrogen-bond donors (Lipinski definition) is 2. The van der Waals surface area contributed by atoms with Crippen LogP contribution in [0.1, 0.15) is 107 Å². The van der Waals surface area contributed by atoms with Crippen LogP contribution in [0.4, 0.5) is 0 Å². The summed E-state index contributed by atoms with van der Waals surface area (Å²) in [6.07, 6.45) is 15.2. The van der Waals surface area contributed by atoms with E-state index in [1.165, 1.54) is 12.0 Å². The van der Waals surface area contributed by atoms with Gasteiger partial charge in [-0.2, -0.15) is 0 Å². The molecule has 1 aliphatic rings. The third-order valence-corrected chi connectivity index (χ3v) is 9.25. The monoisotopic (exact) mass is 596 g/mol. The fraction of sp³-hybridized carbons (Fsp3) is 0.529. The van der Waals surface area contributed by atoms with E-state index in [1.54, 1.807) is 12.1 Å². The van der Waals surface area contributed by atoms with Gasteiger partial charge in [0.15, 0.2) is 0 Å². The average molecular weight is 597 g/mol. The van der Waals surface area contributed by atoms with Gasteiger partial charge in [0, 0.05) is 0 Å². The first-order valence-corrected chi connectivity index (χ1v) is 17.1. The number of hydrogen-bond acceptors (Lipinski definition) is 6. The number of nitrogens with one attached hydrogen (secondary N) is 2. The summed E-state index contributed by atoms with van der Waals surface area (Å²) in [7, 11) is -3.90. The Morgan fingerprint density at radius 3 is 2.29 bits per heavy atom. The fourth-order valence-corrected chi connectivity index (χ4v) is 6.27. The van der Waals surface area contributed by atoms with Gasteiger partial charge in [0.2, 0.25) is 0 Å². The highest BCUT2D eigenvalue weighted by Gasteiger charge is 2.27. The maximum atomic E-state index is 12.8. The van der Waals surface area contributed by atoms with Crippen molar-refractivity contribution in [3.8, 4) is 0 Å². The van der Waals surface area contributed by atoms with E-state index >= 15 is 0 Å². The maximum absolute atomic E-state index is 12.8. The molecule has 2 aromatic rings. The van der Waals surface area contributed by atoms with Gasteiger partial charge < -0.3 is 10.1 Å². The quantitative estimate of drug-likeness (QED) is 0.113. The van der Waals surface area contributed by atoms with Crippen molar-refractivity contribution in [1.82, 2.24) is 10.0 Å². The summed E-state index contributed by atoms with van der Waals surface area (Å²) in [5.41, 5.74) is 3.40. The number of amides is 1. The van der Waals surface area contributed by atoms with E-state index in [4.69, 9.17) is 4.74 Å². The second-order valence-electron chi connectivity index (χ2n) is 11.2. The predicted octanol–water partition coefficient (Wildman–Crippen LogP) is 6.72. The van der Waals surface area contributed by atoms with Crippen LogP contribution in [0.2, 0.25) is 0 Å². The molecule has 0 radical (unpaired) electrons. The lowest BCUT2D eigenvalue weighted by Gasteiger charge is -2.18. The highest BCUT2D eigenvalue weighted by atomic mass is 32.2. The van der Waals surface area contributed by atoms with Crippen LogP contribution in [0.3, 0.4) is 0 Å². The number of carbonyl (C=O) groups excluding carboxylic acids is 2. The minimum atomic E-state index is -3.90. The number of aryl methyl sites for hydroxylation is 1. The molecule has 2 unspecified atom stereocenters. The van der Waals surface area contributed by atoms with E-state index in [9.17, 15) is 18.0 Å². The van der Waals surface area contributed by atoms with E-state index < -0.39 is 22.0 Å². The lowest BCUT2D eigenvalue weighted by Crippen LogP contribution is -2.43. The van der Waals surface area contributed by atoms with Gasteiger partial charge in [-0.15, -0.1) is 0 Å². The van der Waals surface area contributed by atoms with Crippen LogP contribution >= 0.6 is 0 Å². The Balaban J connectivity index is 1.42. The van der Waals surface area contributed by atoms with E-state index in [0.29, 0.717) is 18.9 Å². The van der Waals surface area contributed by atoms with Crippen molar-refractivity contribution in [2.24, 2.45) is 0 Å². The van der Waals surface area contributed by atoms with Crippen molar-refractivity contribution >= 4 is 21.9 Å².